The lowest BCUT2D eigenvalue weighted by Crippen LogP contribution is -2.26. The van der Waals surface area contributed by atoms with Crippen molar-refractivity contribution >= 4 is 21.5 Å². The molecule has 0 amide bonds. The number of fused-ring (bicyclic) bond motifs is 2. The molecule has 0 N–H and O–H groups in total. The van der Waals surface area contributed by atoms with Gasteiger partial charge < -0.3 is 0 Å². The average molecular weight is 654 g/mol. The van der Waals surface area contributed by atoms with E-state index in [4.69, 9.17) is 0 Å². The standard InChI is InChI=1S/C27H10F12N2O4/c28-9-24(29,30)18-14-16(22(44)40(20(14)42)12-5-1-10(2-6-12)25(31,32)33)19(27(37,38)39)17-15(18)21(43)41(23(17)45)13-7-3-11(4-8-13)26(34,35)36/h1-8H,9H2. The number of alkyl halides is 12. The van der Waals surface area contributed by atoms with Crippen molar-refractivity contribution < 1.29 is 52.7 Å². The van der Waals surface area contributed by atoms with E-state index in [0.717, 1.165) is 0 Å². The Morgan fingerprint density at radius 3 is 0.978 bits per heavy atom. The Morgan fingerprint density at radius 2 is 0.733 bits per heavy atom. The molecule has 5 rings (SSSR count). The summed E-state index contributed by atoms with van der Waals surface area (Å²) < 4.78 is 165. The van der Waals surface area contributed by atoms with E-state index in [9.17, 15) is 63.1 Å². The van der Waals surface area contributed by atoms with Crippen molar-refractivity contribution in [1.29, 1.82) is 0 Å². The molecular weight excluding hydrogens is 644 g/mol. The molecule has 6 nitrogen and oxygen atoms in total. The van der Waals surface area contributed by atoms with E-state index in [1.807, 2.05) is 0 Å². The number of aromatic nitrogens is 2. The van der Waals surface area contributed by atoms with E-state index < -0.39 is 109 Å². The van der Waals surface area contributed by atoms with Gasteiger partial charge in [0.2, 0.25) is 0 Å². The van der Waals surface area contributed by atoms with Gasteiger partial charge in [-0.25, -0.2) is 13.5 Å². The van der Waals surface area contributed by atoms with Crippen LogP contribution in [-0.2, 0) is 24.5 Å². The van der Waals surface area contributed by atoms with Crippen LogP contribution >= 0.6 is 0 Å². The summed E-state index contributed by atoms with van der Waals surface area (Å²) in [6.07, 6.45) is -15.8. The van der Waals surface area contributed by atoms with Crippen molar-refractivity contribution in [3.63, 3.8) is 0 Å². The molecule has 2 heterocycles. The zero-order valence-corrected chi connectivity index (χ0v) is 21.4. The third-order valence-electron chi connectivity index (χ3n) is 6.89. The van der Waals surface area contributed by atoms with Crippen molar-refractivity contribution in [3.05, 3.63) is 112 Å². The quantitative estimate of drug-likeness (QED) is 0.223. The van der Waals surface area contributed by atoms with Gasteiger partial charge in [-0.15, -0.1) is 0 Å². The summed E-state index contributed by atoms with van der Waals surface area (Å²) in [5, 5.41) is -7.51. The molecule has 0 atom stereocenters. The second kappa shape index (κ2) is 9.80. The fourth-order valence-corrected chi connectivity index (χ4v) is 5.02. The number of nitrogens with zero attached hydrogens (tertiary/aromatic N) is 2. The zero-order chi connectivity index (χ0) is 33.6. The van der Waals surface area contributed by atoms with Crippen LogP contribution in [0.5, 0.6) is 0 Å². The van der Waals surface area contributed by atoms with E-state index in [0.29, 0.717) is 48.5 Å². The Morgan fingerprint density at radius 1 is 0.444 bits per heavy atom. The van der Waals surface area contributed by atoms with Crippen LogP contribution in [0.3, 0.4) is 0 Å². The summed E-state index contributed by atoms with van der Waals surface area (Å²) in [5.41, 5.74) is -16.9. The van der Waals surface area contributed by atoms with Gasteiger partial charge in [-0.05, 0) is 48.5 Å². The molecule has 0 aliphatic carbocycles. The van der Waals surface area contributed by atoms with Gasteiger partial charge in [-0.1, -0.05) is 0 Å². The molecular formula is C27H10F12N2O4. The Labute approximate surface area is 238 Å². The van der Waals surface area contributed by atoms with Crippen LogP contribution in [0.25, 0.3) is 32.9 Å². The molecule has 0 radical (unpaired) electrons. The molecule has 5 aromatic rings. The van der Waals surface area contributed by atoms with Crippen LogP contribution in [0.15, 0.2) is 67.7 Å². The maximum atomic E-state index is 15.2. The van der Waals surface area contributed by atoms with Crippen molar-refractivity contribution in [2.24, 2.45) is 0 Å². The Balaban J connectivity index is 2.01. The molecule has 0 saturated heterocycles. The summed E-state index contributed by atoms with van der Waals surface area (Å²) in [4.78, 5) is 53.4. The Bertz CT molecular complexity index is 2060. The highest BCUT2D eigenvalue weighted by Crippen LogP contribution is 2.44. The summed E-state index contributed by atoms with van der Waals surface area (Å²) >= 11 is 0. The first-order valence-electron chi connectivity index (χ1n) is 12.0. The van der Waals surface area contributed by atoms with Gasteiger partial charge in [-0.2, -0.15) is 48.3 Å². The summed E-state index contributed by atoms with van der Waals surface area (Å²) in [7, 11) is 0. The second-order valence-electron chi connectivity index (χ2n) is 9.57. The Hall–Kier alpha value is -4.90. The highest BCUT2D eigenvalue weighted by Gasteiger charge is 2.47. The molecule has 0 unspecified atom stereocenters. The normalized spacial score (nSPS) is 13.3. The number of benzene rings is 3. The molecule has 0 aliphatic heterocycles. The second-order valence-corrected chi connectivity index (χ2v) is 9.57. The summed E-state index contributed by atoms with van der Waals surface area (Å²) in [6, 6.07) is 3.10. The highest BCUT2D eigenvalue weighted by molar-refractivity contribution is 6.07. The number of hydrogen-bond acceptors (Lipinski definition) is 4. The molecule has 45 heavy (non-hydrogen) atoms. The van der Waals surface area contributed by atoms with Crippen LogP contribution in [-0.4, -0.2) is 15.8 Å². The predicted molar refractivity (Wildman–Crippen MR) is 132 cm³/mol. The van der Waals surface area contributed by atoms with E-state index in [-0.39, 0.29) is 9.13 Å². The first kappa shape index (κ1) is 31.5. The molecule has 0 aliphatic rings. The maximum Gasteiger partial charge on any atom is 0.418 e. The number of hydrogen-bond donors (Lipinski definition) is 0. The largest absolute Gasteiger partial charge is 0.418 e. The minimum Gasteiger partial charge on any atom is -0.268 e. The molecule has 0 spiro atoms. The fraction of sp³-hybridized carbons (Fsp3) is 0.185. The average Bonchev–Trinajstić information content (AvgIpc) is 3.34. The Kier molecular flexibility index (Phi) is 6.87. The molecule has 2 aromatic heterocycles. The SMILES string of the molecule is O=c1c2c(C(F)(F)F)c3c(=O)n(-c4ccc(C(F)(F)F)cc4)c(=O)c3c(C(F)(F)CF)c2c(=O)n1-c1ccc(C(F)(F)F)cc1. The zero-order valence-electron chi connectivity index (χ0n) is 21.4. The molecule has 236 valence electrons. The van der Waals surface area contributed by atoms with Gasteiger partial charge in [0.05, 0.1) is 55.2 Å². The van der Waals surface area contributed by atoms with Crippen molar-refractivity contribution in [2.75, 3.05) is 6.67 Å². The van der Waals surface area contributed by atoms with E-state index in [1.54, 1.807) is 0 Å². The number of rotatable bonds is 4. The third kappa shape index (κ3) is 4.78. The van der Waals surface area contributed by atoms with E-state index in [1.165, 1.54) is 0 Å². The van der Waals surface area contributed by atoms with Crippen molar-refractivity contribution in [3.8, 4) is 11.4 Å². The molecule has 18 heteroatoms. The van der Waals surface area contributed by atoms with Crippen molar-refractivity contribution in [2.45, 2.75) is 24.5 Å². The number of halogens is 12. The van der Waals surface area contributed by atoms with Crippen LogP contribution in [0, 0.1) is 0 Å². The molecule has 0 fully saturated rings. The minimum absolute atomic E-state index is 0.213. The van der Waals surface area contributed by atoms with Gasteiger partial charge >= 0.3 is 24.5 Å². The van der Waals surface area contributed by atoms with E-state index in [2.05, 4.69) is 0 Å². The smallest absolute Gasteiger partial charge is 0.268 e. The van der Waals surface area contributed by atoms with Gasteiger partial charge in [0.1, 0.15) is 0 Å². The van der Waals surface area contributed by atoms with Crippen molar-refractivity contribution in [1.82, 2.24) is 9.13 Å². The van der Waals surface area contributed by atoms with Gasteiger partial charge in [0.15, 0.2) is 6.67 Å². The third-order valence-corrected chi connectivity index (χ3v) is 6.89. The fourth-order valence-electron chi connectivity index (χ4n) is 5.02. The van der Waals surface area contributed by atoms with E-state index >= 15 is 8.78 Å². The monoisotopic (exact) mass is 654 g/mol. The van der Waals surface area contributed by atoms with Crippen LogP contribution in [0.2, 0.25) is 0 Å². The van der Waals surface area contributed by atoms with Gasteiger partial charge in [-0.3, -0.25) is 19.2 Å². The van der Waals surface area contributed by atoms with Crippen LogP contribution in [0.1, 0.15) is 22.3 Å². The van der Waals surface area contributed by atoms with Gasteiger partial charge in [0.25, 0.3) is 22.2 Å². The first-order chi connectivity index (χ1) is 20.6. The van der Waals surface area contributed by atoms with Gasteiger partial charge in [0, 0.05) is 0 Å². The molecule has 0 bridgehead atoms. The lowest BCUT2D eigenvalue weighted by Gasteiger charge is -2.17. The topological polar surface area (TPSA) is 78.1 Å². The first-order valence-corrected chi connectivity index (χ1v) is 12.0. The summed E-state index contributed by atoms with van der Waals surface area (Å²) in [6.45, 7) is -2.78. The molecule has 0 saturated carbocycles. The summed E-state index contributed by atoms with van der Waals surface area (Å²) in [5.74, 6) is -5.02. The minimum atomic E-state index is -5.87. The van der Waals surface area contributed by atoms with Crippen LogP contribution < -0.4 is 22.2 Å². The lowest BCUT2D eigenvalue weighted by molar-refractivity contribution is -0.138. The maximum absolute atomic E-state index is 15.2. The highest BCUT2D eigenvalue weighted by atomic mass is 19.4. The lowest BCUT2D eigenvalue weighted by atomic mass is 9.93. The molecule has 3 aromatic carbocycles. The predicted octanol–water partition coefficient (Wildman–Crippen LogP) is 6.01. The van der Waals surface area contributed by atoms with Crippen LogP contribution in [0.4, 0.5) is 52.7 Å².